The van der Waals surface area contributed by atoms with Crippen molar-refractivity contribution < 1.29 is 27.1 Å². The molecule has 4 aromatic rings. The number of carbonyl (C=O) groups excluding carboxylic acids is 1. The summed E-state index contributed by atoms with van der Waals surface area (Å²) in [5, 5.41) is 4.91. The van der Waals surface area contributed by atoms with Gasteiger partial charge in [-0.2, -0.15) is 4.99 Å². The van der Waals surface area contributed by atoms with Crippen LogP contribution in [0.4, 0.5) is 28.0 Å². The highest BCUT2D eigenvalue weighted by Crippen LogP contribution is 2.43. The maximum Gasteiger partial charge on any atom is 0.573 e. The zero-order chi connectivity index (χ0) is 31.7. The van der Waals surface area contributed by atoms with Crippen LogP contribution in [0.2, 0.25) is 0 Å². The van der Waals surface area contributed by atoms with Gasteiger partial charge in [0.2, 0.25) is 0 Å². The number of hydrogen-bond donors (Lipinski definition) is 2. The maximum absolute atomic E-state index is 14.1. The number of rotatable bonds is 7. The molecule has 1 saturated heterocycles. The van der Waals surface area contributed by atoms with Gasteiger partial charge in [0.15, 0.2) is 11.0 Å². The van der Waals surface area contributed by atoms with Gasteiger partial charge in [-0.1, -0.05) is 62.0 Å². The lowest BCUT2D eigenvalue weighted by molar-refractivity contribution is -0.274. The smallest absolute Gasteiger partial charge is 0.406 e. The average molecular weight is 638 g/mol. The number of carbonyl (C=O) groups is 1. The van der Waals surface area contributed by atoms with Crippen molar-refractivity contribution in [3.8, 4) is 22.8 Å². The molecule has 0 saturated carbocycles. The molecule has 6 rings (SSSR count). The maximum atomic E-state index is 14.1. The summed E-state index contributed by atoms with van der Waals surface area (Å²) >= 11 is 1.42. The molecule has 232 valence electrons. The Morgan fingerprint density at radius 2 is 1.89 bits per heavy atom. The van der Waals surface area contributed by atoms with Gasteiger partial charge in [0.05, 0.1) is 17.4 Å². The van der Waals surface area contributed by atoms with Gasteiger partial charge in [0.25, 0.3) is 0 Å². The Labute approximate surface area is 260 Å². The molecule has 2 aliphatic heterocycles. The van der Waals surface area contributed by atoms with E-state index in [1.165, 1.54) is 59.2 Å². The zero-order valence-corrected chi connectivity index (χ0v) is 24.9. The second-order valence-corrected chi connectivity index (χ2v) is 11.3. The van der Waals surface area contributed by atoms with Crippen LogP contribution < -0.4 is 20.5 Å². The van der Waals surface area contributed by atoms with E-state index in [1.54, 1.807) is 6.07 Å². The fourth-order valence-corrected chi connectivity index (χ4v) is 6.19. The molecule has 1 fully saturated rings. The molecule has 0 spiro atoms. The molecule has 2 unspecified atom stereocenters. The van der Waals surface area contributed by atoms with Crippen molar-refractivity contribution in [1.82, 2.24) is 25.6 Å². The van der Waals surface area contributed by atoms with Crippen LogP contribution >= 0.6 is 11.8 Å². The lowest BCUT2D eigenvalue weighted by Crippen LogP contribution is -2.39. The van der Waals surface area contributed by atoms with Gasteiger partial charge in [0.1, 0.15) is 17.9 Å². The van der Waals surface area contributed by atoms with Gasteiger partial charge in [-0.05, 0) is 53.9 Å². The Morgan fingerprint density at radius 1 is 1.13 bits per heavy atom. The van der Waals surface area contributed by atoms with E-state index in [2.05, 4.69) is 43.7 Å². The first-order valence-corrected chi connectivity index (χ1v) is 15.0. The summed E-state index contributed by atoms with van der Waals surface area (Å²) in [6, 6.07) is 16.7. The van der Waals surface area contributed by atoms with Gasteiger partial charge >= 0.3 is 12.4 Å². The molecule has 2 atom stereocenters. The molecule has 14 heteroatoms. The van der Waals surface area contributed by atoms with Crippen molar-refractivity contribution in [2.24, 2.45) is 4.99 Å². The summed E-state index contributed by atoms with van der Waals surface area (Å²) in [6.07, 6.45) is -0.524. The molecule has 2 aliphatic rings. The second-order valence-electron chi connectivity index (χ2n) is 10.4. The van der Waals surface area contributed by atoms with Crippen molar-refractivity contribution in [1.29, 1.82) is 0 Å². The number of aromatic nitrogens is 3. The van der Waals surface area contributed by atoms with Gasteiger partial charge in [-0.3, -0.25) is 10.3 Å². The highest BCUT2D eigenvalue weighted by Gasteiger charge is 2.34. The minimum absolute atomic E-state index is 0.132. The average Bonchev–Trinajstić information content (AvgIpc) is 3.65. The predicted molar refractivity (Wildman–Crippen MR) is 163 cm³/mol. The fourth-order valence-electron chi connectivity index (χ4n) is 5.20. The van der Waals surface area contributed by atoms with E-state index < -0.39 is 12.4 Å². The Hall–Kier alpha value is -4.69. The van der Waals surface area contributed by atoms with Crippen LogP contribution in [0.5, 0.6) is 5.75 Å². The number of urea groups is 1. The van der Waals surface area contributed by atoms with E-state index in [-0.39, 0.29) is 23.5 Å². The number of alkyl halides is 3. The van der Waals surface area contributed by atoms with Crippen LogP contribution in [-0.4, -0.2) is 38.1 Å². The van der Waals surface area contributed by atoms with Crippen LogP contribution in [0.15, 0.2) is 89.8 Å². The predicted octanol–water partition coefficient (Wildman–Crippen LogP) is 7.25. The Morgan fingerprint density at radius 3 is 2.60 bits per heavy atom. The molecular weight excluding hydrogens is 610 g/mol. The third-order valence-electron chi connectivity index (χ3n) is 7.35. The number of thioether (sulfide) groups is 1. The number of amides is 2. The Kier molecular flexibility index (Phi) is 8.34. The van der Waals surface area contributed by atoms with Gasteiger partial charge in [-0.15, -0.1) is 18.3 Å². The lowest BCUT2D eigenvalue weighted by atomic mass is 9.94. The highest BCUT2D eigenvalue weighted by molar-refractivity contribution is 8.14. The second kappa shape index (κ2) is 12.4. The van der Waals surface area contributed by atoms with E-state index in [1.807, 2.05) is 36.1 Å². The number of hydrazine groups is 1. The van der Waals surface area contributed by atoms with E-state index in [0.29, 0.717) is 34.5 Å². The number of hydrogen-bond acceptors (Lipinski definition) is 6. The Bertz CT molecular complexity index is 1770. The molecule has 45 heavy (non-hydrogen) atoms. The lowest BCUT2D eigenvalue weighted by Gasteiger charge is -2.29. The molecule has 3 heterocycles. The molecular formula is C31H27F4N7O2S. The third kappa shape index (κ3) is 6.71. The quantitative estimate of drug-likeness (QED) is 0.163. The van der Waals surface area contributed by atoms with Crippen molar-refractivity contribution in [3.05, 3.63) is 102 Å². The van der Waals surface area contributed by atoms with Crippen LogP contribution in [0.1, 0.15) is 43.4 Å². The topological polar surface area (TPSA) is 96.7 Å². The number of nitrogens with one attached hydrogen (secondary N) is 2. The fraction of sp³-hybridized carbons (Fsp3) is 0.226. The first kappa shape index (κ1) is 30.3. The van der Waals surface area contributed by atoms with Crippen molar-refractivity contribution >= 4 is 28.6 Å². The third-order valence-corrected chi connectivity index (χ3v) is 8.32. The van der Waals surface area contributed by atoms with Gasteiger partial charge in [-0.25, -0.2) is 24.3 Å². The van der Waals surface area contributed by atoms with Crippen LogP contribution in [0.3, 0.4) is 0 Å². The molecule has 0 bridgehead atoms. The summed E-state index contributed by atoms with van der Waals surface area (Å²) in [7, 11) is 0. The van der Waals surface area contributed by atoms with Crippen molar-refractivity contribution in [3.63, 3.8) is 0 Å². The molecule has 9 nitrogen and oxygen atoms in total. The van der Waals surface area contributed by atoms with Gasteiger partial charge in [0, 0.05) is 22.9 Å². The number of anilines is 1. The van der Waals surface area contributed by atoms with Crippen LogP contribution in [0, 0.1) is 5.82 Å². The number of allylic oxidation sites excluding steroid dienone is 1. The zero-order valence-electron chi connectivity index (χ0n) is 24.0. The SMILES string of the molecule is CCC(NNC(=O)/N=C1\SCC2=CC(C)c3ccc(F)cc3N21)c1ccc(-c2ncn(-c3ccc(OC(F)(F)F)cc3)n2)cc1. The Balaban J connectivity index is 1.09. The monoisotopic (exact) mass is 637 g/mol. The molecule has 1 aromatic heterocycles. The van der Waals surface area contributed by atoms with Crippen molar-refractivity contribution in [2.45, 2.75) is 38.6 Å². The van der Waals surface area contributed by atoms with Crippen LogP contribution in [-0.2, 0) is 0 Å². The van der Waals surface area contributed by atoms with E-state index in [0.717, 1.165) is 22.4 Å². The summed E-state index contributed by atoms with van der Waals surface area (Å²) < 4.78 is 56.8. The van der Waals surface area contributed by atoms with E-state index in [9.17, 15) is 22.4 Å². The number of nitrogens with zero attached hydrogens (tertiary/aromatic N) is 5. The molecule has 3 aromatic carbocycles. The molecule has 2 amide bonds. The molecule has 2 N–H and O–H groups in total. The summed E-state index contributed by atoms with van der Waals surface area (Å²) in [5.41, 5.74) is 10.5. The minimum atomic E-state index is -4.76. The minimum Gasteiger partial charge on any atom is -0.406 e. The van der Waals surface area contributed by atoms with E-state index in [4.69, 9.17) is 0 Å². The van der Waals surface area contributed by atoms with Crippen LogP contribution in [0.25, 0.3) is 17.1 Å². The summed E-state index contributed by atoms with van der Waals surface area (Å²) in [5.74, 6) is 0.526. The number of amidine groups is 1. The summed E-state index contributed by atoms with van der Waals surface area (Å²) in [6.45, 7) is 4.03. The largest absolute Gasteiger partial charge is 0.573 e. The highest BCUT2D eigenvalue weighted by atomic mass is 32.2. The number of halogens is 4. The number of ether oxygens (including phenoxy) is 1. The standard InChI is InChI=1S/C31H27F4N7O2S/c1-3-26(38-39-29(43)37-30-42-23(16-45-30)14-18(2)25-13-8-21(32)15-27(25)42)19-4-6-20(7-5-19)28-36-17-41(40-28)22-9-11-24(12-10-22)44-31(33,34)35/h4-15,17-18,26,38H,3,16H2,1-2H3,(H,39,43)/b37-30-. The summed E-state index contributed by atoms with van der Waals surface area (Å²) in [4.78, 5) is 23.3. The number of benzene rings is 3. The number of aliphatic imine (C=N–C) groups is 1. The first-order valence-electron chi connectivity index (χ1n) is 14.0. The van der Waals surface area contributed by atoms with Crippen molar-refractivity contribution in [2.75, 3.05) is 10.7 Å². The normalized spacial score (nSPS) is 17.5. The molecule has 0 aliphatic carbocycles. The van der Waals surface area contributed by atoms with E-state index >= 15 is 0 Å². The number of fused-ring (bicyclic) bond motifs is 3. The van der Waals surface area contributed by atoms with Gasteiger partial charge < -0.3 is 4.74 Å². The first-order chi connectivity index (χ1) is 21.6. The molecule has 0 radical (unpaired) electrons.